The number of hydrogen-bond acceptors (Lipinski definition) is 3. The molecule has 1 amide bonds. The standard InChI is InChI=1S/C15H16ClN3O/c1-11-6-7-17-8-12(11)9-18-10-15(20)19-14-5-3-2-4-13(14)16/h2-8,18H,9-10H2,1H3,(H,19,20). The summed E-state index contributed by atoms with van der Waals surface area (Å²) in [4.78, 5) is 15.9. The molecule has 1 heterocycles. The molecule has 0 radical (unpaired) electrons. The molecule has 1 aromatic heterocycles. The van der Waals surface area contributed by atoms with E-state index in [2.05, 4.69) is 15.6 Å². The maximum absolute atomic E-state index is 11.8. The smallest absolute Gasteiger partial charge is 0.238 e. The van der Waals surface area contributed by atoms with E-state index in [-0.39, 0.29) is 12.5 Å². The number of benzene rings is 1. The van der Waals surface area contributed by atoms with Crippen molar-refractivity contribution >= 4 is 23.2 Å². The predicted octanol–water partition coefficient (Wildman–Crippen LogP) is 2.77. The van der Waals surface area contributed by atoms with Crippen LogP contribution in [0.15, 0.2) is 42.7 Å². The maximum Gasteiger partial charge on any atom is 0.238 e. The van der Waals surface area contributed by atoms with Crippen molar-refractivity contribution in [2.45, 2.75) is 13.5 Å². The van der Waals surface area contributed by atoms with Crippen molar-refractivity contribution in [3.63, 3.8) is 0 Å². The third kappa shape index (κ3) is 4.05. The van der Waals surface area contributed by atoms with Crippen molar-refractivity contribution in [2.24, 2.45) is 0 Å². The number of rotatable bonds is 5. The van der Waals surface area contributed by atoms with Crippen LogP contribution in [0.5, 0.6) is 0 Å². The molecule has 0 spiro atoms. The topological polar surface area (TPSA) is 54.0 Å². The first-order chi connectivity index (χ1) is 9.66. The number of aryl methyl sites for hydroxylation is 1. The van der Waals surface area contributed by atoms with Gasteiger partial charge in [-0.15, -0.1) is 0 Å². The van der Waals surface area contributed by atoms with Gasteiger partial charge in [0.2, 0.25) is 5.91 Å². The van der Waals surface area contributed by atoms with Crippen molar-refractivity contribution in [3.8, 4) is 0 Å². The summed E-state index contributed by atoms with van der Waals surface area (Å²) in [5, 5.41) is 6.38. The fraction of sp³-hybridized carbons (Fsp3) is 0.200. The Bertz CT molecular complexity index is 601. The van der Waals surface area contributed by atoms with Gasteiger partial charge in [0.25, 0.3) is 0 Å². The van der Waals surface area contributed by atoms with E-state index in [0.29, 0.717) is 17.3 Å². The van der Waals surface area contributed by atoms with Gasteiger partial charge in [0, 0.05) is 18.9 Å². The molecule has 0 atom stereocenters. The van der Waals surface area contributed by atoms with E-state index in [1.54, 1.807) is 24.5 Å². The molecule has 0 saturated heterocycles. The van der Waals surface area contributed by atoms with Gasteiger partial charge >= 0.3 is 0 Å². The Labute approximate surface area is 123 Å². The van der Waals surface area contributed by atoms with E-state index in [4.69, 9.17) is 11.6 Å². The Balaban J connectivity index is 1.82. The van der Waals surface area contributed by atoms with Gasteiger partial charge in [0.15, 0.2) is 0 Å². The Morgan fingerprint density at radius 1 is 1.30 bits per heavy atom. The van der Waals surface area contributed by atoms with Gasteiger partial charge < -0.3 is 10.6 Å². The molecule has 1 aromatic carbocycles. The predicted molar refractivity (Wildman–Crippen MR) is 80.8 cm³/mol. The molecule has 0 unspecified atom stereocenters. The number of anilines is 1. The van der Waals surface area contributed by atoms with Crippen LogP contribution in [-0.4, -0.2) is 17.4 Å². The lowest BCUT2D eigenvalue weighted by atomic mass is 10.1. The Morgan fingerprint density at radius 2 is 2.10 bits per heavy atom. The Kier molecular flexibility index (Phi) is 5.09. The molecule has 0 saturated carbocycles. The first-order valence-corrected chi connectivity index (χ1v) is 6.69. The van der Waals surface area contributed by atoms with Gasteiger partial charge in [-0.05, 0) is 36.2 Å². The second-order valence-electron chi connectivity index (χ2n) is 4.43. The normalized spacial score (nSPS) is 10.3. The highest BCUT2D eigenvalue weighted by atomic mass is 35.5. The highest BCUT2D eigenvalue weighted by Gasteiger charge is 2.05. The number of carbonyl (C=O) groups excluding carboxylic acids is 1. The molecular weight excluding hydrogens is 274 g/mol. The summed E-state index contributed by atoms with van der Waals surface area (Å²) in [7, 11) is 0. The van der Waals surface area contributed by atoms with Crippen molar-refractivity contribution in [3.05, 3.63) is 58.9 Å². The summed E-state index contributed by atoms with van der Waals surface area (Å²) in [6.45, 7) is 2.84. The van der Waals surface area contributed by atoms with Crippen molar-refractivity contribution < 1.29 is 4.79 Å². The van der Waals surface area contributed by atoms with Crippen LogP contribution in [0, 0.1) is 6.92 Å². The summed E-state index contributed by atoms with van der Waals surface area (Å²) < 4.78 is 0. The van der Waals surface area contributed by atoms with Crippen LogP contribution < -0.4 is 10.6 Å². The van der Waals surface area contributed by atoms with Crippen LogP contribution in [0.3, 0.4) is 0 Å². The highest BCUT2D eigenvalue weighted by Crippen LogP contribution is 2.19. The minimum atomic E-state index is -0.125. The second kappa shape index (κ2) is 7.03. The van der Waals surface area contributed by atoms with Gasteiger partial charge in [-0.2, -0.15) is 0 Å². The third-order valence-electron chi connectivity index (χ3n) is 2.90. The van der Waals surface area contributed by atoms with E-state index in [1.165, 1.54) is 0 Å². The van der Waals surface area contributed by atoms with Gasteiger partial charge in [-0.3, -0.25) is 9.78 Å². The van der Waals surface area contributed by atoms with Crippen LogP contribution >= 0.6 is 11.6 Å². The number of para-hydroxylation sites is 1. The van der Waals surface area contributed by atoms with E-state index >= 15 is 0 Å². The number of hydrogen-bond donors (Lipinski definition) is 2. The lowest BCUT2D eigenvalue weighted by molar-refractivity contribution is -0.115. The molecule has 2 aromatic rings. The van der Waals surface area contributed by atoms with Crippen LogP contribution in [0.4, 0.5) is 5.69 Å². The zero-order chi connectivity index (χ0) is 14.4. The fourth-order valence-electron chi connectivity index (χ4n) is 1.75. The number of nitrogens with one attached hydrogen (secondary N) is 2. The molecule has 0 bridgehead atoms. The van der Waals surface area contributed by atoms with Gasteiger partial charge in [0.05, 0.1) is 17.3 Å². The number of amides is 1. The molecule has 2 rings (SSSR count). The number of pyridine rings is 1. The van der Waals surface area contributed by atoms with Gasteiger partial charge in [-0.25, -0.2) is 0 Å². The van der Waals surface area contributed by atoms with Gasteiger partial charge in [-0.1, -0.05) is 23.7 Å². The quantitative estimate of drug-likeness (QED) is 0.890. The molecule has 5 heteroatoms. The van der Waals surface area contributed by atoms with Crippen LogP contribution in [0.25, 0.3) is 0 Å². The monoisotopic (exact) mass is 289 g/mol. The third-order valence-corrected chi connectivity index (χ3v) is 3.23. The Hall–Kier alpha value is -1.91. The first kappa shape index (κ1) is 14.5. The van der Waals surface area contributed by atoms with Crippen molar-refractivity contribution in [2.75, 3.05) is 11.9 Å². The van der Waals surface area contributed by atoms with E-state index in [1.807, 2.05) is 25.1 Å². The summed E-state index contributed by atoms with van der Waals surface area (Å²) in [5.41, 5.74) is 2.86. The molecule has 0 aliphatic rings. The molecule has 0 fully saturated rings. The Morgan fingerprint density at radius 3 is 2.85 bits per heavy atom. The molecule has 2 N–H and O–H groups in total. The summed E-state index contributed by atoms with van der Waals surface area (Å²) >= 11 is 5.98. The van der Waals surface area contributed by atoms with E-state index < -0.39 is 0 Å². The summed E-state index contributed by atoms with van der Waals surface area (Å²) in [6.07, 6.45) is 3.55. The number of halogens is 1. The lowest BCUT2D eigenvalue weighted by Crippen LogP contribution is -2.28. The van der Waals surface area contributed by atoms with E-state index in [0.717, 1.165) is 11.1 Å². The molecular formula is C15H16ClN3O. The highest BCUT2D eigenvalue weighted by molar-refractivity contribution is 6.33. The minimum Gasteiger partial charge on any atom is -0.324 e. The van der Waals surface area contributed by atoms with E-state index in [9.17, 15) is 4.79 Å². The largest absolute Gasteiger partial charge is 0.324 e. The zero-order valence-electron chi connectivity index (χ0n) is 11.2. The van der Waals surface area contributed by atoms with Crippen molar-refractivity contribution in [1.82, 2.24) is 10.3 Å². The average Bonchev–Trinajstić information content (AvgIpc) is 2.43. The van der Waals surface area contributed by atoms with Gasteiger partial charge in [0.1, 0.15) is 0 Å². The molecule has 0 aliphatic heterocycles. The summed E-state index contributed by atoms with van der Waals surface area (Å²) in [5.74, 6) is -0.125. The number of nitrogens with zero attached hydrogens (tertiary/aromatic N) is 1. The molecule has 104 valence electrons. The molecule has 20 heavy (non-hydrogen) atoms. The number of carbonyl (C=O) groups is 1. The minimum absolute atomic E-state index is 0.125. The maximum atomic E-state index is 11.8. The molecule has 0 aliphatic carbocycles. The van der Waals surface area contributed by atoms with Crippen LogP contribution in [0.1, 0.15) is 11.1 Å². The van der Waals surface area contributed by atoms with Crippen LogP contribution in [-0.2, 0) is 11.3 Å². The van der Waals surface area contributed by atoms with Crippen molar-refractivity contribution in [1.29, 1.82) is 0 Å². The first-order valence-electron chi connectivity index (χ1n) is 6.31. The average molecular weight is 290 g/mol. The second-order valence-corrected chi connectivity index (χ2v) is 4.84. The SMILES string of the molecule is Cc1ccncc1CNCC(=O)Nc1ccccc1Cl. The lowest BCUT2D eigenvalue weighted by Gasteiger charge is -2.09. The zero-order valence-corrected chi connectivity index (χ0v) is 11.9. The number of aromatic nitrogens is 1. The van der Waals surface area contributed by atoms with Crippen LogP contribution in [0.2, 0.25) is 5.02 Å². The molecule has 4 nitrogen and oxygen atoms in total. The fourth-order valence-corrected chi connectivity index (χ4v) is 1.93. The summed E-state index contributed by atoms with van der Waals surface area (Å²) in [6, 6.07) is 9.10.